The fourth-order valence-corrected chi connectivity index (χ4v) is 4.87. The molecule has 0 atom stereocenters. The van der Waals surface area contributed by atoms with Crippen molar-refractivity contribution in [3.05, 3.63) is 34.1 Å². The average Bonchev–Trinajstić information content (AvgIpc) is 3.26. The summed E-state index contributed by atoms with van der Waals surface area (Å²) in [6.07, 6.45) is 2.69. The van der Waals surface area contributed by atoms with Crippen molar-refractivity contribution in [1.29, 1.82) is 0 Å². The number of hydrogen-bond donors (Lipinski definition) is 1. The van der Waals surface area contributed by atoms with Gasteiger partial charge >= 0.3 is 0 Å². The van der Waals surface area contributed by atoms with Gasteiger partial charge in [0.15, 0.2) is 0 Å². The molecule has 33 heavy (non-hydrogen) atoms. The molecule has 0 radical (unpaired) electrons. The molecule has 3 heterocycles. The van der Waals surface area contributed by atoms with Crippen molar-refractivity contribution in [1.82, 2.24) is 30.2 Å². The van der Waals surface area contributed by atoms with Gasteiger partial charge in [0.25, 0.3) is 0 Å². The van der Waals surface area contributed by atoms with Crippen LogP contribution in [0.3, 0.4) is 0 Å². The minimum Gasteiger partial charge on any atom is -0.356 e. The first kappa shape index (κ1) is 24.4. The lowest BCUT2D eigenvalue weighted by molar-refractivity contribution is -0.126. The van der Waals surface area contributed by atoms with Crippen LogP contribution in [0.2, 0.25) is 10.0 Å². The van der Waals surface area contributed by atoms with Crippen LogP contribution in [-0.2, 0) is 11.3 Å². The maximum absolute atomic E-state index is 12.6. The fourth-order valence-electron chi connectivity index (χ4n) is 4.37. The van der Waals surface area contributed by atoms with E-state index in [-0.39, 0.29) is 11.8 Å². The Balaban J connectivity index is 1.16. The lowest BCUT2D eigenvalue weighted by Crippen LogP contribution is -2.45. The minimum atomic E-state index is 0.0796. The molecule has 0 aliphatic carbocycles. The fraction of sp³-hybridized carbons (Fsp3) is 0.609. The Kier molecular flexibility index (Phi) is 8.60. The average molecular weight is 495 g/mol. The molecule has 1 aromatic carbocycles. The van der Waals surface area contributed by atoms with Gasteiger partial charge in [-0.05, 0) is 64.1 Å². The van der Waals surface area contributed by atoms with Crippen molar-refractivity contribution in [3.8, 4) is 11.4 Å². The number of amides is 1. The summed E-state index contributed by atoms with van der Waals surface area (Å²) in [6.45, 7) is 8.54. The van der Waals surface area contributed by atoms with Crippen LogP contribution in [0.4, 0.5) is 0 Å². The van der Waals surface area contributed by atoms with Crippen molar-refractivity contribution in [2.45, 2.75) is 25.8 Å². The molecule has 8 nitrogen and oxygen atoms in total. The molecule has 0 unspecified atom stereocenters. The number of likely N-dealkylation sites (tertiary alicyclic amines) is 1. The van der Waals surface area contributed by atoms with Crippen LogP contribution in [0.25, 0.3) is 11.4 Å². The van der Waals surface area contributed by atoms with Gasteiger partial charge in [0, 0.05) is 49.2 Å². The number of piperazine rings is 1. The van der Waals surface area contributed by atoms with Crippen LogP contribution in [0.1, 0.15) is 25.2 Å². The van der Waals surface area contributed by atoms with Crippen LogP contribution in [0, 0.1) is 5.92 Å². The van der Waals surface area contributed by atoms with Gasteiger partial charge in [-0.25, -0.2) is 0 Å². The summed E-state index contributed by atoms with van der Waals surface area (Å²) in [5.74, 6) is 1.27. The van der Waals surface area contributed by atoms with E-state index in [1.165, 1.54) is 0 Å². The maximum Gasteiger partial charge on any atom is 0.241 e. The van der Waals surface area contributed by atoms with E-state index in [0.717, 1.165) is 71.6 Å². The van der Waals surface area contributed by atoms with E-state index in [9.17, 15) is 4.79 Å². The molecule has 180 valence electrons. The lowest BCUT2D eigenvalue weighted by Gasteiger charge is -2.32. The molecular weight excluding hydrogens is 463 g/mol. The third-order valence-corrected chi connectivity index (χ3v) is 7.05. The molecule has 1 amide bonds. The number of aromatic nitrogens is 2. The second-order valence-electron chi connectivity index (χ2n) is 8.98. The summed E-state index contributed by atoms with van der Waals surface area (Å²) in [5.41, 5.74) is 0.694. The number of carbonyl (C=O) groups excluding carboxylic acids is 1. The maximum atomic E-state index is 12.6. The molecule has 0 bridgehead atoms. The minimum absolute atomic E-state index is 0.0796. The highest BCUT2D eigenvalue weighted by Gasteiger charge is 2.26. The summed E-state index contributed by atoms with van der Waals surface area (Å²) in [4.78, 5) is 24.1. The van der Waals surface area contributed by atoms with Gasteiger partial charge in [-0.1, -0.05) is 28.4 Å². The second-order valence-corrected chi connectivity index (χ2v) is 9.82. The molecule has 2 aliphatic heterocycles. The molecule has 4 rings (SSSR count). The SMILES string of the molecule is CN1CCN(CCCNC(=O)C2CCN(Cc3nc(-c4ccc(Cl)cc4Cl)no3)CC2)CC1. The van der Waals surface area contributed by atoms with Crippen LogP contribution in [-0.4, -0.2) is 90.2 Å². The van der Waals surface area contributed by atoms with Gasteiger partial charge < -0.3 is 19.6 Å². The number of carbonyl (C=O) groups is 1. The first-order valence-electron chi connectivity index (χ1n) is 11.7. The Morgan fingerprint density at radius 1 is 1.12 bits per heavy atom. The van der Waals surface area contributed by atoms with Gasteiger partial charge in [0.1, 0.15) is 0 Å². The molecule has 2 aliphatic rings. The van der Waals surface area contributed by atoms with Gasteiger partial charge in [-0.2, -0.15) is 4.98 Å². The van der Waals surface area contributed by atoms with Gasteiger partial charge in [0.2, 0.25) is 17.6 Å². The third-order valence-electron chi connectivity index (χ3n) is 6.50. The summed E-state index contributed by atoms with van der Waals surface area (Å²) >= 11 is 12.2. The van der Waals surface area contributed by atoms with Gasteiger partial charge in [-0.3, -0.25) is 9.69 Å². The Hall–Kier alpha value is -1.71. The van der Waals surface area contributed by atoms with Crippen LogP contribution < -0.4 is 5.32 Å². The lowest BCUT2D eigenvalue weighted by atomic mass is 9.96. The summed E-state index contributed by atoms with van der Waals surface area (Å²) < 4.78 is 5.42. The van der Waals surface area contributed by atoms with E-state index in [4.69, 9.17) is 27.7 Å². The van der Waals surface area contributed by atoms with E-state index in [1.807, 2.05) is 0 Å². The summed E-state index contributed by atoms with van der Waals surface area (Å²) in [7, 11) is 2.17. The van der Waals surface area contributed by atoms with Crippen molar-refractivity contribution < 1.29 is 9.32 Å². The highest BCUT2D eigenvalue weighted by molar-refractivity contribution is 6.36. The number of likely N-dealkylation sites (N-methyl/N-ethyl adjacent to an activating group) is 1. The van der Waals surface area contributed by atoms with Crippen molar-refractivity contribution in [2.24, 2.45) is 5.92 Å². The number of benzene rings is 1. The Labute approximate surface area is 205 Å². The zero-order valence-corrected chi connectivity index (χ0v) is 20.6. The highest BCUT2D eigenvalue weighted by atomic mass is 35.5. The Morgan fingerprint density at radius 3 is 2.61 bits per heavy atom. The first-order valence-corrected chi connectivity index (χ1v) is 12.4. The quantitative estimate of drug-likeness (QED) is 0.565. The predicted octanol–water partition coefficient (Wildman–Crippen LogP) is 3.01. The molecule has 1 aromatic heterocycles. The second kappa shape index (κ2) is 11.6. The summed E-state index contributed by atoms with van der Waals surface area (Å²) in [5, 5.41) is 8.25. The zero-order chi connectivity index (χ0) is 23.2. The topological polar surface area (TPSA) is 77.7 Å². The first-order chi connectivity index (χ1) is 16.0. The van der Waals surface area contributed by atoms with Crippen LogP contribution in [0.15, 0.2) is 22.7 Å². The normalized spacial score (nSPS) is 19.1. The number of rotatable bonds is 8. The number of halogens is 2. The van der Waals surface area contributed by atoms with Gasteiger partial charge in [0.05, 0.1) is 11.6 Å². The number of piperidine rings is 1. The zero-order valence-electron chi connectivity index (χ0n) is 19.1. The molecule has 2 aromatic rings. The van der Waals surface area contributed by atoms with Crippen molar-refractivity contribution in [2.75, 3.05) is 59.4 Å². The largest absolute Gasteiger partial charge is 0.356 e. The molecule has 10 heteroatoms. The number of hydrogen-bond acceptors (Lipinski definition) is 7. The van der Waals surface area contributed by atoms with Gasteiger partial charge in [-0.15, -0.1) is 0 Å². The molecule has 0 saturated carbocycles. The molecule has 1 N–H and O–H groups in total. The molecule has 2 saturated heterocycles. The molecule has 2 fully saturated rings. The van der Waals surface area contributed by atoms with Crippen LogP contribution >= 0.6 is 23.2 Å². The third kappa shape index (κ3) is 6.90. The molecule has 0 spiro atoms. The highest BCUT2D eigenvalue weighted by Crippen LogP contribution is 2.28. The van der Waals surface area contributed by atoms with E-state index in [1.54, 1.807) is 18.2 Å². The monoisotopic (exact) mass is 494 g/mol. The Morgan fingerprint density at radius 2 is 1.88 bits per heavy atom. The Bertz CT molecular complexity index is 923. The molecular formula is C23H32Cl2N6O2. The van der Waals surface area contributed by atoms with E-state index in [0.29, 0.717) is 33.9 Å². The number of nitrogens with zero attached hydrogens (tertiary/aromatic N) is 5. The summed E-state index contributed by atoms with van der Waals surface area (Å²) in [6, 6.07) is 5.20. The standard InChI is InChI=1S/C23H32Cl2N6O2/c1-29-11-13-30(14-12-29)8-2-7-26-23(32)17-5-9-31(10-6-17)16-21-27-22(28-33-21)19-4-3-18(24)15-20(19)25/h3-4,15,17H,2,5-14,16H2,1H3,(H,26,32). The smallest absolute Gasteiger partial charge is 0.241 e. The van der Waals surface area contributed by atoms with Crippen molar-refractivity contribution >= 4 is 29.1 Å². The van der Waals surface area contributed by atoms with E-state index >= 15 is 0 Å². The number of nitrogens with one attached hydrogen (secondary N) is 1. The van der Waals surface area contributed by atoms with Crippen molar-refractivity contribution in [3.63, 3.8) is 0 Å². The predicted molar refractivity (Wildman–Crippen MR) is 129 cm³/mol. The van der Waals surface area contributed by atoms with E-state index in [2.05, 4.69) is 37.2 Å². The van der Waals surface area contributed by atoms with E-state index < -0.39 is 0 Å². The van der Waals surface area contributed by atoms with Crippen LogP contribution in [0.5, 0.6) is 0 Å².